The number of benzene rings is 1. The van der Waals surface area contributed by atoms with Gasteiger partial charge >= 0.3 is 0 Å². The van der Waals surface area contributed by atoms with Gasteiger partial charge in [-0.05, 0) is 37.0 Å². The summed E-state index contributed by atoms with van der Waals surface area (Å²) in [6, 6.07) is 6.00. The maximum absolute atomic E-state index is 10.2. The third-order valence-electron chi connectivity index (χ3n) is 3.72. The summed E-state index contributed by atoms with van der Waals surface area (Å²) < 4.78 is 0. The van der Waals surface area contributed by atoms with E-state index in [-0.39, 0.29) is 0 Å². The first kappa shape index (κ1) is 16.6. The quantitative estimate of drug-likeness (QED) is 0.667. The number of anilines is 1. The standard InChI is InChI=1S/C18H29NO/c1-5-8-12-19(13-9-6-2)16-10-11-17(15(4)7-3)18(20)14-16/h10-11,14,20H,4-9,12-13H2,1-3H3. The van der Waals surface area contributed by atoms with Crippen molar-refractivity contribution in [3.05, 3.63) is 30.3 Å². The Labute approximate surface area is 124 Å². The average molecular weight is 275 g/mol. The number of allylic oxidation sites excluding steroid dienone is 1. The van der Waals surface area contributed by atoms with Crippen LogP contribution in [0, 0.1) is 0 Å². The molecule has 1 N–H and O–H groups in total. The molecule has 20 heavy (non-hydrogen) atoms. The summed E-state index contributed by atoms with van der Waals surface area (Å²) in [5.41, 5.74) is 2.99. The van der Waals surface area contributed by atoms with Crippen molar-refractivity contribution >= 4 is 11.3 Å². The molecule has 0 aliphatic heterocycles. The van der Waals surface area contributed by atoms with Crippen LogP contribution in [0.15, 0.2) is 24.8 Å². The second kappa shape index (κ2) is 8.68. The van der Waals surface area contributed by atoms with Crippen LogP contribution in [0.1, 0.15) is 58.4 Å². The monoisotopic (exact) mass is 275 g/mol. The van der Waals surface area contributed by atoms with Gasteiger partial charge in [0.1, 0.15) is 5.75 Å². The molecule has 0 spiro atoms. The Bertz CT molecular complexity index is 417. The first-order valence-electron chi connectivity index (χ1n) is 7.90. The van der Waals surface area contributed by atoms with Crippen LogP contribution < -0.4 is 4.90 Å². The lowest BCUT2D eigenvalue weighted by atomic mass is 10.0. The van der Waals surface area contributed by atoms with Crippen molar-refractivity contribution in [2.75, 3.05) is 18.0 Å². The van der Waals surface area contributed by atoms with Gasteiger partial charge in [0.05, 0.1) is 0 Å². The average Bonchev–Trinajstić information content (AvgIpc) is 2.46. The third-order valence-corrected chi connectivity index (χ3v) is 3.72. The summed E-state index contributed by atoms with van der Waals surface area (Å²) in [4.78, 5) is 2.38. The van der Waals surface area contributed by atoms with Gasteiger partial charge in [0, 0.05) is 30.4 Å². The molecule has 1 aromatic rings. The van der Waals surface area contributed by atoms with Gasteiger partial charge in [0.15, 0.2) is 0 Å². The number of nitrogens with zero attached hydrogens (tertiary/aromatic N) is 1. The summed E-state index contributed by atoms with van der Waals surface area (Å²) >= 11 is 0. The first-order valence-corrected chi connectivity index (χ1v) is 7.90. The van der Waals surface area contributed by atoms with Gasteiger partial charge in [-0.1, -0.05) is 40.2 Å². The minimum absolute atomic E-state index is 0.354. The molecular formula is C18H29NO. The van der Waals surface area contributed by atoms with E-state index in [1.807, 2.05) is 12.1 Å². The molecule has 0 saturated carbocycles. The van der Waals surface area contributed by atoms with Crippen LogP contribution >= 0.6 is 0 Å². The number of phenolic OH excluding ortho intramolecular Hbond substituents is 1. The van der Waals surface area contributed by atoms with E-state index in [0.29, 0.717) is 5.75 Å². The number of rotatable bonds is 9. The molecular weight excluding hydrogens is 246 g/mol. The van der Waals surface area contributed by atoms with Gasteiger partial charge in [-0.3, -0.25) is 0 Å². The Balaban J connectivity index is 2.90. The van der Waals surface area contributed by atoms with E-state index in [1.165, 1.54) is 25.7 Å². The fourth-order valence-corrected chi connectivity index (χ4v) is 2.27. The summed E-state index contributed by atoms with van der Waals surface area (Å²) in [6.07, 6.45) is 5.63. The lowest BCUT2D eigenvalue weighted by Crippen LogP contribution is -2.25. The van der Waals surface area contributed by atoms with Crippen molar-refractivity contribution in [2.24, 2.45) is 0 Å². The van der Waals surface area contributed by atoms with Crippen LogP contribution in [0.25, 0.3) is 5.57 Å². The van der Waals surface area contributed by atoms with E-state index in [4.69, 9.17) is 0 Å². The van der Waals surface area contributed by atoms with Crippen molar-refractivity contribution in [3.8, 4) is 5.75 Å². The van der Waals surface area contributed by atoms with Crippen molar-refractivity contribution in [3.63, 3.8) is 0 Å². The van der Waals surface area contributed by atoms with Crippen molar-refractivity contribution in [2.45, 2.75) is 52.9 Å². The second-order valence-corrected chi connectivity index (χ2v) is 5.35. The molecule has 1 aromatic carbocycles. The summed E-state index contributed by atoms with van der Waals surface area (Å²) in [5.74, 6) is 0.354. The van der Waals surface area contributed by atoms with Gasteiger partial charge in [0.25, 0.3) is 0 Å². The molecule has 0 aromatic heterocycles. The zero-order chi connectivity index (χ0) is 15.0. The van der Waals surface area contributed by atoms with Gasteiger partial charge < -0.3 is 10.0 Å². The molecule has 0 radical (unpaired) electrons. The van der Waals surface area contributed by atoms with Crippen molar-refractivity contribution in [1.82, 2.24) is 0 Å². The summed E-state index contributed by atoms with van der Waals surface area (Å²) in [7, 11) is 0. The van der Waals surface area contributed by atoms with E-state index in [1.54, 1.807) is 0 Å². The lowest BCUT2D eigenvalue weighted by Gasteiger charge is -2.25. The number of aromatic hydroxyl groups is 1. The van der Waals surface area contributed by atoms with Crippen molar-refractivity contribution < 1.29 is 5.11 Å². The fraction of sp³-hybridized carbons (Fsp3) is 0.556. The minimum atomic E-state index is 0.354. The smallest absolute Gasteiger partial charge is 0.125 e. The largest absolute Gasteiger partial charge is 0.507 e. The molecule has 0 fully saturated rings. The minimum Gasteiger partial charge on any atom is -0.507 e. The molecule has 2 nitrogen and oxygen atoms in total. The van der Waals surface area contributed by atoms with E-state index in [9.17, 15) is 5.11 Å². The molecule has 0 atom stereocenters. The van der Waals surface area contributed by atoms with Crippen LogP contribution in [0.5, 0.6) is 5.75 Å². The molecule has 0 unspecified atom stereocenters. The Morgan fingerprint density at radius 3 is 2.15 bits per heavy atom. The number of unbranched alkanes of at least 4 members (excludes halogenated alkanes) is 2. The Morgan fingerprint density at radius 1 is 1.10 bits per heavy atom. The van der Waals surface area contributed by atoms with E-state index < -0.39 is 0 Å². The highest BCUT2D eigenvalue weighted by Crippen LogP contribution is 2.30. The molecule has 0 saturated heterocycles. The normalized spacial score (nSPS) is 10.6. The van der Waals surface area contributed by atoms with E-state index >= 15 is 0 Å². The SMILES string of the molecule is C=C(CC)c1ccc(N(CCCC)CCCC)cc1O. The molecule has 0 bridgehead atoms. The van der Waals surface area contributed by atoms with Crippen LogP contribution in [-0.2, 0) is 0 Å². The van der Waals surface area contributed by atoms with Crippen molar-refractivity contribution in [1.29, 1.82) is 0 Å². The van der Waals surface area contributed by atoms with Crippen LogP contribution in [0.2, 0.25) is 0 Å². The Hall–Kier alpha value is -1.44. The first-order chi connectivity index (χ1) is 9.63. The second-order valence-electron chi connectivity index (χ2n) is 5.35. The molecule has 2 heteroatoms. The highest BCUT2D eigenvalue weighted by Gasteiger charge is 2.10. The molecule has 0 aliphatic carbocycles. The lowest BCUT2D eigenvalue weighted by molar-refractivity contribution is 0.473. The fourth-order valence-electron chi connectivity index (χ4n) is 2.27. The van der Waals surface area contributed by atoms with E-state index in [2.05, 4.69) is 38.3 Å². The summed E-state index contributed by atoms with van der Waals surface area (Å²) in [5, 5.41) is 10.2. The van der Waals surface area contributed by atoms with Crippen LogP contribution in [0.3, 0.4) is 0 Å². The molecule has 1 rings (SSSR count). The van der Waals surface area contributed by atoms with Gasteiger partial charge in [0.2, 0.25) is 0 Å². The third kappa shape index (κ3) is 4.59. The maximum Gasteiger partial charge on any atom is 0.125 e. The van der Waals surface area contributed by atoms with E-state index in [0.717, 1.165) is 36.3 Å². The Kier molecular flexibility index (Phi) is 7.21. The predicted octanol–water partition coefficient (Wildman–Crippen LogP) is 5.22. The number of hydrogen-bond acceptors (Lipinski definition) is 2. The Morgan fingerprint density at radius 2 is 1.70 bits per heavy atom. The van der Waals surface area contributed by atoms with Gasteiger partial charge in [-0.15, -0.1) is 0 Å². The van der Waals surface area contributed by atoms with Gasteiger partial charge in [-0.25, -0.2) is 0 Å². The van der Waals surface area contributed by atoms with Gasteiger partial charge in [-0.2, -0.15) is 0 Å². The predicted molar refractivity (Wildman–Crippen MR) is 89.5 cm³/mol. The van der Waals surface area contributed by atoms with Crippen LogP contribution in [-0.4, -0.2) is 18.2 Å². The molecule has 0 heterocycles. The number of hydrogen-bond donors (Lipinski definition) is 1. The topological polar surface area (TPSA) is 23.5 Å². The molecule has 112 valence electrons. The highest BCUT2D eigenvalue weighted by molar-refractivity contribution is 5.71. The molecule has 0 aliphatic rings. The zero-order valence-electron chi connectivity index (χ0n) is 13.3. The molecule has 0 amide bonds. The maximum atomic E-state index is 10.2. The summed E-state index contributed by atoms with van der Waals surface area (Å²) in [6.45, 7) is 12.6. The number of phenols is 1. The van der Waals surface area contributed by atoms with Crippen LogP contribution in [0.4, 0.5) is 5.69 Å². The highest BCUT2D eigenvalue weighted by atomic mass is 16.3. The zero-order valence-corrected chi connectivity index (χ0v) is 13.3.